The Morgan fingerprint density at radius 1 is 1.14 bits per heavy atom. The van der Waals surface area contributed by atoms with Crippen LogP contribution in [0.25, 0.3) is 10.9 Å². The second kappa shape index (κ2) is 6.35. The van der Waals surface area contributed by atoms with Crippen LogP contribution in [-0.4, -0.2) is 17.5 Å². The minimum Gasteiger partial charge on any atom is -0.494 e. The summed E-state index contributed by atoms with van der Waals surface area (Å²) in [5.74, 6) is 0.795. The average Bonchev–Trinajstić information content (AvgIpc) is 2.97. The van der Waals surface area contributed by atoms with Gasteiger partial charge in [-0.05, 0) is 48.9 Å². The number of anilines is 1. The Balaban J connectivity index is 1.63. The molecule has 0 fully saturated rings. The standard InChI is InChI=1S/C18H18N2O2/c1-2-22-16-6-3-13(4-7-16)11-18(21)20-15-5-8-17-14(12-15)9-10-19-17/h3-10,12,19H,2,11H2,1H3,(H,20,21). The normalized spacial score (nSPS) is 10.6. The predicted octanol–water partition coefficient (Wildman–Crippen LogP) is 3.75. The zero-order valence-corrected chi connectivity index (χ0v) is 12.4. The fraction of sp³-hybridized carbons (Fsp3) is 0.167. The highest BCUT2D eigenvalue weighted by Crippen LogP contribution is 2.18. The van der Waals surface area contributed by atoms with Gasteiger partial charge in [0.15, 0.2) is 0 Å². The van der Waals surface area contributed by atoms with Crippen molar-refractivity contribution in [3.05, 3.63) is 60.3 Å². The molecule has 0 aliphatic heterocycles. The summed E-state index contributed by atoms with van der Waals surface area (Å²) < 4.78 is 5.39. The first-order valence-electron chi connectivity index (χ1n) is 7.33. The summed E-state index contributed by atoms with van der Waals surface area (Å²) in [6.45, 7) is 2.59. The first-order chi connectivity index (χ1) is 10.7. The number of benzene rings is 2. The molecule has 1 aromatic heterocycles. The van der Waals surface area contributed by atoms with Crippen molar-refractivity contribution in [1.82, 2.24) is 4.98 Å². The number of carbonyl (C=O) groups excluding carboxylic acids is 1. The van der Waals surface area contributed by atoms with Crippen LogP contribution in [0.15, 0.2) is 54.7 Å². The van der Waals surface area contributed by atoms with E-state index in [2.05, 4.69) is 10.3 Å². The molecule has 4 nitrogen and oxygen atoms in total. The molecule has 0 saturated heterocycles. The average molecular weight is 294 g/mol. The fourth-order valence-electron chi connectivity index (χ4n) is 2.39. The maximum absolute atomic E-state index is 12.1. The van der Waals surface area contributed by atoms with Gasteiger partial charge in [0.05, 0.1) is 13.0 Å². The molecule has 4 heteroatoms. The van der Waals surface area contributed by atoms with Gasteiger partial charge in [-0.3, -0.25) is 4.79 Å². The lowest BCUT2D eigenvalue weighted by molar-refractivity contribution is -0.115. The molecule has 0 aliphatic rings. The smallest absolute Gasteiger partial charge is 0.228 e. The Morgan fingerprint density at radius 3 is 2.73 bits per heavy atom. The number of H-pyrrole nitrogens is 1. The molecule has 0 aliphatic carbocycles. The summed E-state index contributed by atoms with van der Waals surface area (Å²) in [5, 5.41) is 4.01. The number of hydrogen-bond donors (Lipinski definition) is 2. The van der Waals surface area contributed by atoms with Crippen molar-refractivity contribution in [2.24, 2.45) is 0 Å². The van der Waals surface area contributed by atoms with Crippen molar-refractivity contribution in [2.45, 2.75) is 13.3 Å². The molecule has 22 heavy (non-hydrogen) atoms. The summed E-state index contributed by atoms with van der Waals surface area (Å²) in [6, 6.07) is 15.4. The molecule has 0 radical (unpaired) electrons. The first-order valence-corrected chi connectivity index (χ1v) is 7.33. The number of aromatic amines is 1. The highest BCUT2D eigenvalue weighted by atomic mass is 16.5. The van der Waals surface area contributed by atoms with E-state index in [1.807, 2.05) is 61.7 Å². The second-order valence-electron chi connectivity index (χ2n) is 5.08. The fourth-order valence-corrected chi connectivity index (χ4v) is 2.39. The number of hydrogen-bond acceptors (Lipinski definition) is 2. The van der Waals surface area contributed by atoms with Gasteiger partial charge in [0.2, 0.25) is 5.91 Å². The third-order valence-corrected chi connectivity index (χ3v) is 3.44. The quantitative estimate of drug-likeness (QED) is 0.753. The number of aromatic nitrogens is 1. The predicted molar refractivity (Wildman–Crippen MR) is 88.2 cm³/mol. The van der Waals surface area contributed by atoms with Crippen molar-refractivity contribution in [3.8, 4) is 5.75 Å². The van der Waals surface area contributed by atoms with E-state index >= 15 is 0 Å². The van der Waals surface area contributed by atoms with Crippen LogP contribution in [-0.2, 0) is 11.2 Å². The highest BCUT2D eigenvalue weighted by Gasteiger charge is 2.05. The minimum atomic E-state index is -0.0287. The molecule has 0 atom stereocenters. The van der Waals surface area contributed by atoms with E-state index in [-0.39, 0.29) is 5.91 Å². The summed E-state index contributed by atoms with van der Waals surface area (Å²) in [6.07, 6.45) is 2.23. The van der Waals surface area contributed by atoms with Crippen LogP contribution in [0.3, 0.4) is 0 Å². The van der Waals surface area contributed by atoms with Crippen LogP contribution in [0.1, 0.15) is 12.5 Å². The Bertz CT molecular complexity index is 775. The number of nitrogens with one attached hydrogen (secondary N) is 2. The zero-order valence-electron chi connectivity index (χ0n) is 12.4. The van der Waals surface area contributed by atoms with E-state index in [0.29, 0.717) is 13.0 Å². The van der Waals surface area contributed by atoms with Crippen LogP contribution < -0.4 is 10.1 Å². The van der Waals surface area contributed by atoms with Gasteiger partial charge >= 0.3 is 0 Å². The van der Waals surface area contributed by atoms with Crippen molar-refractivity contribution >= 4 is 22.5 Å². The summed E-state index contributed by atoms with van der Waals surface area (Å²) >= 11 is 0. The van der Waals surface area contributed by atoms with Crippen molar-refractivity contribution < 1.29 is 9.53 Å². The molecule has 0 bridgehead atoms. The van der Waals surface area contributed by atoms with E-state index < -0.39 is 0 Å². The molecular formula is C18H18N2O2. The highest BCUT2D eigenvalue weighted by molar-refractivity contribution is 5.94. The van der Waals surface area contributed by atoms with Crippen LogP contribution in [0, 0.1) is 0 Å². The Hall–Kier alpha value is -2.75. The Labute approximate surface area is 129 Å². The molecule has 1 heterocycles. The zero-order chi connectivity index (χ0) is 15.4. The van der Waals surface area contributed by atoms with E-state index in [0.717, 1.165) is 27.9 Å². The molecule has 0 spiro atoms. The third-order valence-electron chi connectivity index (χ3n) is 3.44. The lowest BCUT2D eigenvalue weighted by Crippen LogP contribution is -2.14. The van der Waals surface area contributed by atoms with Gasteiger partial charge < -0.3 is 15.0 Å². The summed E-state index contributed by atoms with van der Waals surface area (Å²) in [7, 11) is 0. The molecule has 2 N–H and O–H groups in total. The van der Waals surface area contributed by atoms with E-state index in [1.165, 1.54) is 0 Å². The lowest BCUT2D eigenvalue weighted by atomic mass is 10.1. The molecule has 1 amide bonds. The molecule has 2 aromatic carbocycles. The van der Waals surface area contributed by atoms with Crippen molar-refractivity contribution in [3.63, 3.8) is 0 Å². The molecule has 0 unspecified atom stereocenters. The number of ether oxygens (including phenoxy) is 1. The Kier molecular flexibility index (Phi) is 4.10. The largest absolute Gasteiger partial charge is 0.494 e. The number of rotatable bonds is 5. The van der Waals surface area contributed by atoms with Crippen LogP contribution >= 0.6 is 0 Å². The molecular weight excluding hydrogens is 276 g/mol. The van der Waals surface area contributed by atoms with E-state index in [9.17, 15) is 4.79 Å². The molecule has 112 valence electrons. The lowest BCUT2D eigenvalue weighted by Gasteiger charge is -2.07. The Morgan fingerprint density at radius 2 is 1.95 bits per heavy atom. The third kappa shape index (κ3) is 3.28. The number of carbonyl (C=O) groups is 1. The van der Waals surface area contributed by atoms with Gasteiger partial charge in [-0.25, -0.2) is 0 Å². The maximum atomic E-state index is 12.1. The number of fused-ring (bicyclic) bond motifs is 1. The summed E-state index contributed by atoms with van der Waals surface area (Å²) in [4.78, 5) is 15.2. The van der Waals surface area contributed by atoms with Crippen LogP contribution in [0.2, 0.25) is 0 Å². The van der Waals surface area contributed by atoms with Gasteiger partial charge in [-0.1, -0.05) is 12.1 Å². The molecule has 0 saturated carbocycles. The monoisotopic (exact) mass is 294 g/mol. The maximum Gasteiger partial charge on any atom is 0.228 e. The summed E-state index contributed by atoms with van der Waals surface area (Å²) in [5.41, 5.74) is 2.83. The van der Waals surface area contributed by atoms with Crippen LogP contribution in [0.4, 0.5) is 5.69 Å². The van der Waals surface area contributed by atoms with Crippen LogP contribution in [0.5, 0.6) is 5.75 Å². The van der Waals surface area contributed by atoms with Gasteiger partial charge in [0.1, 0.15) is 5.75 Å². The van der Waals surface area contributed by atoms with Gasteiger partial charge in [-0.15, -0.1) is 0 Å². The minimum absolute atomic E-state index is 0.0287. The number of amides is 1. The second-order valence-corrected chi connectivity index (χ2v) is 5.08. The van der Waals surface area contributed by atoms with Crippen molar-refractivity contribution in [2.75, 3.05) is 11.9 Å². The van der Waals surface area contributed by atoms with Crippen molar-refractivity contribution in [1.29, 1.82) is 0 Å². The molecule has 3 aromatic rings. The van der Waals surface area contributed by atoms with E-state index in [4.69, 9.17) is 4.74 Å². The topological polar surface area (TPSA) is 54.1 Å². The van der Waals surface area contributed by atoms with Gasteiger partial charge in [-0.2, -0.15) is 0 Å². The molecule has 3 rings (SSSR count). The van der Waals surface area contributed by atoms with Gasteiger partial charge in [0, 0.05) is 22.8 Å². The first kappa shape index (κ1) is 14.2. The SMILES string of the molecule is CCOc1ccc(CC(=O)Nc2ccc3[nH]ccc3c2)cc1. The van der Waals surface area contributed by atoms with E-state index in [1.54, 1.807) is 0 Å². The van der Waals surface area contributed by atoms with Gasteiger partial charge in [0.25, 0.3) is 0 Å².